The second kappa shape index (κ2) is 7.91. The number of nitrogens with one attached hydrogen (secondary N) is 2. The third kappa shape index (κ3) is 5.05. The molecule has 0 saturated heterocycles. The molecule has 0 aliphatic heterocycles. The summed E-state index contributed by atoms with van der Waals surface area (Å²) < 4.78 is 0. The molecule has 0 radical (unpaired) electrons. The molecule has 2 N–H and O–H groups in total. The van der Waals surface area contributed by atoms with Gasteiger partial charge in [0.2, 0.25) is 0 Å². The van der Waals surface area contributed by atoms with E-state index in [1.54, 1.807) is 0 Å². The van der Waals surface area contributed by atoms with Gasteiger partial charge in [-0.05, 0) is 57.1 Å². The summed E-state index contributed by atoms with van der Waals surface area (Å²) in [5, 5.41) is 7.97. The fourth-order valence-electron chi connectivity index (χ4n) is 3.49. The predicted molar refractivity (Wildman–Crippen MR) is 96.8 cm³/mol. The van der Waals surface area contributed by atoms with Crippen molar-refractivity contribution in [2.45, 2.75) is 62.3 Å². The van der Waals surface area contributed by atoms with Gasteiger partial charge in [-0.3, -0.25) is 9.89 Å². The molecule has 4 nitrogen and oxygen atoms in total. The molecule has 22 heavy (non-hydrogen) atoms. The molecular weight excluding hydrogens is 292 g/mol. The summed E-state index contributed by atoms with van der Waals surface area (Å²) in [6.45, 7) is 3.51. The first kappa shape index (κ1) is 16.4. The zero-order chi connectivity index (χ0) is 15.4. The Bertz CT molecular complexity index is 379. The lowest BCUT2D eigenvalue weighted by Gasteiger charge is -2.23. The van der Waals surface area contributed by atoms with E-state index in [9.17, 15) is 0 Å². The van der Waals surface area contributed by atoms with Crippen molar-refractivity contribution >= 4 is 17.7 Å². The molecule has 3 fully saturated rings. The Balaban J connectivity index is 1.35. The van der Waals surface area contributed by atoms with Crippen LogP contribution in [0.2, 0.25) is 0 Å². The van der Waals surface area contributed by atoms with Crippen molar-refractivity contribution in [1.29, 1.82) is 0 Å². The van der Waals surface area contributed by atoms with Crippen LogP contribution in [-0.2, 0) is 0 Å². The summed E-state index contributed by atoms with van der Waals surface area (Å²) >= 11 is 2.01. The topological polar surface area (TPSA) is 39.7 Å². The highest BCUT2D eigenvalue weighted by Crippen LogP contribution is 2.34. The molecule has 3 aliphatic carbocycles. The van der Waals surface area contributed by atoms with Crippen molar-refractivity contribution in [3.63, 3.8) is 0 Å². The van der Waals surface area contributed by atoms with Crippen LogP contribution in [0.25, 0.3) is 0 Å². The minimum atomic E-state index is 0.606. The molecule has 0 spiro atoms. The van der Waals surface area contributed by atoms with Gasteiger partial charge in [0.05, 0.1) is 0 Å². The number of nitrogens with zero attached hydrogens (tertiary/aromatic N) is 2. The maximum Gasteiger partial charge on any atom is 0.191 e. The molecule has 2 atom stereocenters. The first-order chi connectivity index (χ1) is 10.8. The largest absolute Gasteiger partial charge is 0.355 e. The number of thioether (sulfide) groups is 1. The van der Waals surface area contributed by atoms with Gasteiger partial charge in [0, 0.05) is 44.0 Å². The molecule has 2 unspecified atom stereocenters. The Labute approximate surface area is 139 Å². The fraction of sp³-hybridized carbons (Fsp3) is 0.941. The van der Waals surface area contributed by atoms with Crippen molar-refractivity contribution in [3.8, 4) is 0 Å². The second-order valence-electron chi connectivity index (χ2n) is 7.18. The van der Waals surface area contributed by atoms with Crippen molar-refractivity contribution in [2.24, 2.45) is 10.9 Å². The molecular formula is C17H32N4S. The Kier molecular flexibility index (Phi) is 5.91. The van der Waals surface area contributed by atoms with Crippen LogP contribution in [-0.4, -0.2) is 61.1 Å². The maximum atomic E-state index is 4.40. The zero-order valence-electron chi connectivity index (χ0n) is 14.2. The van der Waals surface area contributed by atoms with Crippen LogP contribution in [0.5, 0.6) is 0 Å². The Hall–Kier alpha value is -0.420. The molecule has 0 aromatic heterocycles. The number of hydrogen-bond acceptors (Lipinski definition) is 3. The van der Waals surface area contributed by atoms with Gasteiger partial charge in [-0.25, -0.2) is 0 Å². The number of rotatable bonds is 8. The van der Waals surface area contributed by atoms with Gasteiger partial charge < -0.3 is 10.6 Å². The van der Waals surface area contributed by atoms with Gasteiger partial charge in [0.1, 0.15) is 0 Å². The molecule has 0 aromatic rings. The molecule has 5 heteroatoms. The van der Waals surface area contributed by atoms with E-state index >= 15 is 0 Å². The summed E-state index contributed by atoms with van der Waals surface area (Å²) in [6.07, 6.45) is 11.9. The third-order valence-electron chi connectivity index (χ3n) is 5.23. The molecule has 126 valence electrons. The monoisotopic (exact) mass is 324 g/mol. The summed E-state index contributed by atoms with van der Waals surface area (Å²) in [5.74, 6) is 1.99. The van der Waals surface area contributed by atoms with E-state index in [1.807, 2.05) is 18.8 Å². The number of guanidine groups is 1. The molecule has 3 rings (SSSR count). The highest BCUT2D eigenvalue weighted by atomic mass is 32.2. The lowest BCUT2D eigenvalue weighted by molar-refractivity contribution is 0.256. The third-order valence-corrected chi connectivity index (χ3v) is 6.32. The van der Waals surface area contributed by atoms with E-state index in [-0.39, 0.29) is 0 Å². The quantitative estimate of drug-likeness (QED) is 0.531. The SMILES string of the molecule is CN=C(NCCN(CC1CC1)C1CC1)NC1CCC(SC)C1. The highest BCUT2D eigenvalue weighted by molar-refractivity contribution is 7.99. The number of aliphatic imine (C=N–C) groups is 1. The average Bonchev–Trinajstić information content (AvgIpc) is 3.44. The summed E-state index contributed by atoms with van der Waals surface area (Å²) in [6, 6.07) is 1.49. The van der Waals surface area contributed by atoms with Gasteiger partial charge in [0.15, 0.2) is 5.96 Å². The maximum absolute atomic E-state index is 4.40. The van der Waals surface area contributed by atoms with Crippen molar-refractivity contribution in [3.05, 3.63) is 0 Å². The van der Waals surface area contributed by atoms with Crippen LogP contribution in [0, 0.1) is 5.92 Å². The van der Waals surface area contributed by atoms with Crippen LogP contribution in [0.1, 0.15) is 44.9 Å². The van der Waals surface area contributed by atoms with Crippen LogP contribution >= 0.6 is 11.8 Å². The van der Waals surface area contributed by atoms with Gasteiger partial charge in [-0.1, -0.05) is 0 Å². The first-order valence-electron chi connectivity index (χ1n) is 9.02. The second-order valence-corrected chi connectivity index (χ2v) is 8.32. The van der Waals surface area contributed by atoms with Crippen LogP contribution in [0.3, 0.4) is 0 Å². The molecule has 0 amide bonds. The summed E-state index contributed by atoms with van der Waals surface area (Å²) in [4.78, 5) is 7.11. The van der Waals surface area contributed by atoms with Crippen molar-refractivity contribution in [1.82, 2.24) is 15.5 Å². The smallest absolute Gasteiger partial charge is 0.191 e. The molecule has 0 bridgehead atoms. The fourth-order valence-corrected chi connectivity index (χ4v) is 4.28. The van der Waals surface area contributed by atoms with E-state index in [1.165, 1.54) is 58.0 Å². The van der Waals surface area contributed by atoms with E-state index in [0.717, 1.165) is 29.7 Å². The number of hydrogen-bond donors (Lipinski definition) is 2. The van der Waals surface area contributed by atoms with Gasteiger partial charge in [-0.2, -0.15) is 11.8 Å². The Morgan fingerprint density at radius 3 is 2.59 bits per heavy atom. The molecule has 3 saturated carbocycles. The van der Waals surface area contributed by atoms with Gasteiger partial charge in [-0.15, -0.1) is 0 Å². The molecule has 3 aliphatic rings. The predicted octanol–water partition coefficient (Wildman–Crippen LogP) is 2.31. The normalized spacial score (nSPS) is 29.1. The van der Waals surface area contributed by atoms with Crippen molar-refractivity contribution in [2.75, 3.05) is 32.9 Å². The minimum absolute atomic E-state index is 0.606. The standard InChI is InChI=1S/C17H32N4S/c1-18-17(20-14-5-8-16(11-14)22-2)19-9-10-21(15-6-7-15)12-13-3-4-13/h13-16H,3-12H2,1-2H3,(H2,18,19,20). The first-order valence-corrected chi connectivity index (χ1v) is 10.3. The van der Waals surface area contributed by atoms with E-state index < -0.39 is 0 Å². The van der Waals surface area contributed by atoms with Crippen molar-refractivity contribution < 1.29 is 0 Å². The molecule has 0 aromatic carbocycles. The summed E-state index contributed by atoms with van der Waals surface area (Å²) in [5.41, 5.74) is 0. The average molecular weight is 325 g/mol. The zero-order valence-corrected chi connectivity index (χ0v) is 15.0. The van der Waals surface area contributed by atoms with Crippen LogP contribution < -0.4 is 10.6 Å². The van der Waals surface area contributed by atoms with Crippen LogP contribution in [0.4, 0.5) is 0 Å². The molecule has 0 heterocycles. The lowest BCUT2D eigenvalue weighted by Crippen LogP contribution is -2.45. The minimum Gasteiger partial charge on any atom is -0.355 e. The van der Waals surface area contributed by atoms with Gasteiger partial charge >= 0.3 is 0 Å². The van der Waals surface area contributed by atoms with E-state index in [2.05, 4.69) is 26.8 Å². The highest BCUT2D eigenvalue weighted by Gasteiger charge is 2.33. The summed E-state index contributed by atoms with van der Waals surface area (Å²) in [7, 11) is 1.89. The van der Waals surface area contributed by atoms with Crippen LogP contribution in [0.15, 0.2) is 4.99 Å². The van der Waals surface area contributed by atoms with E-state index in [0.29, 0.717) is 6.04 Å². The van der Waals surface area contributed by atoms with E-state index in [4.69, 9.17) is 0 Å². The van der Waals surface area contributed by atoms with Gasteiger partial charge in [0.25, 0.3) is 0 Å². The Morgan fingerprint density at radius 1 is 1.18 bits per heavy atom. The Morgan fingerprint density at radius 2 is 2.00 bits per heavy atom. The lowest BCUT2D eigenvalue weighted by atomic mass is 10.2.